The molecular weight excluding hydrogens is 208 g/mol. The van der Waals surface area contributed by atoms with Crippen LogP contribution >= 0.6 is 0 Å². The van der Waals surface area contributed by atoms with E-state index in [-0.39, 0.29) is 11.3 Å². The van der Waals surface area contributed by atoms with E-state index in [9.17, 15) is 4.79 Å². The Bertz CT molecular complexity index is 502. The highest BCUT2D eigenvalue weighted by atomic mass is 16.5. The van der Waals surface area contributed by atoms with Gasteiger partial charge in [0.05, 0.1) is 13.7 Å². The largest absolute Gasteiger partial charge is 0.493 e. The molecule has 0 amide bonds. The Balaban J connectivity index is 3.32. The molecule has 1 aromatic rings. The van der Waals surface area contributed by atoms with Gasteiger partial charge in [0.1, 0.15) is 0 Å². The summed E-state index contributed by atoms with van der Waals surface area (Å²) in [5, 5.41) is 8.84. The summed E-state index contributed by atoms with van der Waals surface area (Å²) in [5.41, 5.74) is -0.130. The van der Waals surface area contributed by atoms with E-state index >= 15 is 0 Å². The third kappa shape index (κ3) is 3.46. The van der Waals surface area contributed by atoms with E-state index in [1.807, 2.05) is 0 Å². The van der Waals surface area contributed by atoms with Gasteiger partial charge in [0.2, 0.25) is 0 Å². The molecule has 4 nitrogen and oxygen atoms in total. The number of rotatable bonds is 6. The molecule has 0 unspecified atom stereocenters. The number of hydrogen-bond donors (Lipinski definition) is 1. The Morgan fingerprint density at radius 2 is 2.25 bits per heavy atom. The molecule has 0 saturated carbocycles. The number of carboxylic acid groups (broad SMARTS) is 1. The minimum Gasteiger partial charge on any atom is -0.493 e. The monoisotopic (exact) mass is 228 g/mol. The van der Waals surface area contributed by atoms with Crippen molar-refractivity contribution in [2.24, 2.45) is 0 Å². The first-order valence-corrected chi connectivity index (χ1v) is 4.73. The van der Waals surface area contributed by atoms with Crippen LogP contribution in [0, 0.1) is 0 Å². The average Bonchev–Trinajstić information content (AvgIpc) is 2.38. The van der Waals surface area contributed by atoms with E-state index in [4.69, 9.17) is 20.1 Å². The van der Waals surface area contributed by atoms with Gasteiger partial charge in [0.25, 0.3) is 0 Å². The molecule has 1 rings (SSSR count). The van der Waals surface area contributed by atoms with Crippen LogP contribution in [0.1, 0.15) is 24.3 Å². The molecule has 0 fully saturated rings. The number of carbonyl (C=O) groups is 1. The third-order valence-corrected chi connectivity index (χ3v) is 1.78. The summed E-state index contributed by atoms with van der Waals surface area (Å²) in [6.07, 6.45) is -5.78. The van der Waals surface area contributed by atoms with Gasteiger partial charge >= 0.3 is 5.97 Å². The summed E-state index contributed by atoms with van der Waals surface area (Å²) in [6.45, 7) is 2.05. The molecule has 88 valence electrons. The van der Waals surface area contributed by atoms with Gasteiger partial charge in [0, 0.05) is 11.9 Å². The molecule has 0 spiro atoms. The molecule has 0 radical (unpaired) electrons. The first-order valence-electron chi connectivity index (χ1n) is 6.73. The van der Waals surface area contributed by atoms with Crippen LogP contribution in [0.15, 0.2) is 18.2 Å². The molecule has 1 aromatic carbocycles. The minimum absolute atomic E-state index is 0.130. The van der Waals surface area contributed by atoms with Crippen LogP contribution in [0.25, 0.3) is 0 Å². The normalized spacial score (nSPS) is 15.4. The van der Waals surface area contributed by atoms with Crippen LogP contribution in [0.4, 0.5) is 0 Å². The van der Waals surface area contributed by atoms with Gasteiger partial charge in [0.15, 0.2) is 11.5 Å². The lowest BCUT2D eigenvalue weighted by Gasteiger charge is -2.10. The Morgan fingerprint density at radius 3 is 2.81 bits per heavy atom. The van der Waals surface area contributed by atoms with Gasteiger partial charge in [-0.05, 0) is 31.0 Å². The van der Waals surface area contributed by atoms with Crippen LogP contribution < -0.4 is 9.47 Å². The maximum Gasteiger partial charge on any atom is 0.303 e. The SMILES string of the molecule is [2H]C([2H])(C(=O)O)C([2H])([2H])c1ccc(OC)c(OCC)c1. The van der Waals surface area contributed by atoms with Crippen LogP contribution in [-0.2, 0) is 11.2 Å². The fourth-order valence-electron chi connectivity index (χ4n) is 1.15. The minimum atomic E-state index is -3.06. The van der Waals surface area contributed by atoms with E-state index in [1.165, 1.54) is 25.3 Å². The van der Waals surface area contributed by atoms with Crippen LogP contribution in [-0.4, -0.2) is 24.8 Å². The van der Waals surface area contributed by atoms with Crippen LogP contribution in [0.2, 0.25) is 0 Å². The fraction of sp³-hybridized carbons (Fsp3) is 0.417. The molecule has 16 heavy (non-hydrogen) atoms. The lowest BCUT2D eigenvalue weighted by atomic mass is 10.1. The number of carboxylic acids is 1. The van der Waals surface area contributed by atoms with Gasteiger partial charge < -0.3 is 14.6 Å². The quantitative estimate of drug-likeness (QED) is 0.810. The summed E-state index contributed by atoms with van der Waals surface area (Å²) in [4.78, 5) is 10.9. The number of methoxy groups -OCH3 is 1. The summed E-state index contributed by atoms with van der Waals surface area (Å²) in [5.74, 6) is -1.27. The van der Waals surface area contributed by atoms with Crippen molar-refractivity contribution >= 4 is 5.97 Å². The summed E-state index contributed by atoms with van der Waals surface area (Å²) >= 11 is 0. The smallest absolute Gasteiger partial charge is 0.303 e. The van der Waals surface area contributed by atoms with Crippen molar-refractivity contribution in [3.8, 4) is 11.5 Å². The summed E-state index contributed by atoms with van der Waals surface area (Å²) < 4.78 is 40.7. The van der Waals surface area contributed by atoms with E-state index in [2.05, 4.69) is 0 Å². The second-order valence-corrected chi connectivity index (χ2v) is 2.85. The zero-order chi connectivity index (χ0) is 15.6. The highest BCUT2D eigenvalue weighted by molar-refractivity contribution is 5.67. The Kier molecular flexibility index (Phi) is 2.83. The van der Waals surface area contributed by atoms with Crippen LogP contribution in [0.3, 0.4) is 0 Å². The molecule has 4 heteroatoms. The zero-order valence-electron chi connectivity index (χ0n) is 13.1. The van der Waals surface area contributed by atoms with Gasteiger partial charge in [-0.15, -0.1) is 0 Å². The van der Waals surface area contributed by atoms with Crippen molar-refractivity contribution in [3.05, 3.63) is 23.8 Å². The summed E-state index contributed by atoms with van der Waals surface area (Å²) in [6, 6.07) is 3.95. The van der Waals surface area contributed by atoms with Crippen molar-refractivity contribution in [1.29, 1.82) is 0 Å². The highest BCUT2D eigenvalue weighted by Crippen LogP contribution is 2.28. The fourth-order valence-corrected chi connectivity index (χ4v) is 1.15. The van der Waals surface area contributed by atoms with Crippen molar-refractivity contribution in [3.63, 3.8) is 0 Å². The van der Waals surface area contributed by atoms with E-state index < -0.39 is 18.7 Å². The number of aliphatic carboxylic acids is 1. The number of ether oxygens (including phenoxy) is 2. The predicted octanol–water partition coefficient (Wildman–Crippen LogP) is 2.11. The van der Waals surface area contributed by atoms with Gasteiger partial charge in [-0.2, -0.15) is 0 Å². The second-order valence-electron chi connectivity index (χ2n) is 2.85. The lowest BCUT2D eigenvalue weighted by molar-refractivity contribution is -0.136. The van der Waals surface area contributed by atoms with E-state index in [0.717, 1.165) is 0 Å². The average molecular weight is 228 g/mol. The predicted molar refractivity (Wildman–Crippen MR) is 60.1 cm³/mol. The molecule has 0 atom stereocenters. The Labute approximate surface area is 100 Å². The molecule has 1 N–H and O–H groups in total. The lowest BCUT2D eigenvalue weighted by Crippen LogP contribution is -1.99. The molecule has 0 aliphatic heterocycles. The van der Waals surface area contributed by atoms with Gasteiger partial charge in [-0.25, -0.2) is 0 Å². The molecular formula is C12H16O4. The molecule has 0 aliphatic carbocycles. The number of hydrogen-bond acceptors (Lipinski definition) is 3. The molecule has 0 bridgehead atoms. The maximum absolute atomic E-state index is 10.9. The van der Waals surface area contributed by atoms with Gasteiger partial charge in [-0.3, -0.25) is 4.79 Å². The first kappa shape index (κ1) is 7.54. The summed E-state index contributed by atoms with van der Waals surface area (Å²) in [7, 11) is 1.42. The number of benzene rings is 1. The van der Waals surface area contributed by atoms with Crippen molar-refractivity contribution in [2.75, 3.05) is 13.7 Å². The van der Waals surface area contributed by atoms with Crippen LogP contribution in [0.5, 0.6) is 11.5 Å². The number of aryl methyl sites for hydroxylation is 1. The Morgan fingerprint density at radius 1 is 1.50 bits per heavy atom. The highest BCUT2D eigenvalue weighted by Gasteiger charge is 2.06. The molecule has 0 saturated heterocycles. The van der Waals surface area contributed by atoms with Gasteiger partial charge in [-0.1, -0.05) is 6.07 Å². The van der Waals surface area contributed by atoms with E-state index in [0.29, 0.717) is 12.4 Å². The zero-order valence-corrected chi connectivity index (χ0v) is 9.11. The third-order valence-electron chi connectivity index (χ3n) is 1.78. The first-order chi connectivity index (χ1) is 9.18. The van der Waals surface area contributed by atoms with Crippen molar-refractivity contribution in [2.45, 2.75) is 19.7 Å². The second kappa shape index (κ2) is 6.00. The Hall–Kier alpha value is -1.71. The maximum atomic E-state index is 10.9. The standard InChI is InChI=1S/C12H16O4/c1-3-16-11-8-9(5-7-12(13)14)4-6-10(11)15-2/h4,6,8H,3,5,7H2,1-2H3,(H,13,14)/i5D2,7D2. The van der Waals surface area contributed by atoms with Crippen molar-refractivity contribution in [1.82, 2.24) is 0 Å². The molecule has 0 heterocycles. The molecule has 0 aliphatic rings. The van der Waals surface area contributed by atoms with Crippen molar-refractivity contribution < 1.29 is 24.9 Å². The topological polar surface area (TPSA) is 55.8 Å². The van der Waals surface area contributed by atoms with E-state index in [1.54, 1.807) is 6.92 Å². The molecule has 0 aromatic heterocycles.